The van der Waals surface area contributed by atoms with Crippen LogP contribution >= 0.6 is 0 Å². The fraction of sp³-hybridized carbons (Fsp3) is 0.188. The number of Topliss-reactive ketones (excluding diaryl/α,β-unsaturated/α-hetero) is 1. The van der Waals surface area contributed by atoms with Crippen LogP contribution in [-0.4, -0.2) is 31.6 Å². The van der Waals surface area contributed by atoms with Crippen molar-refractivity contribution in [1.82, 2.24) is 0 Å². The second-order valence-electron chi connectivity index (χ2n) is 4.84. The Kier molecular flexibility index (Phi) is 3.43. The summed E-state index contributed by atoms with van der Waals surface area (Å²) < 4.78 is 6.07. The van der Waals surface area contributed by atoms with E-state index in [-0.39, 0.29) is 15.4 Å². The van der Waals surface area contributed by atoms with Crippen molar-refractivity contribution in [3.63, 3.8) is 0 Å². The van der Waals surface area contributed by atoms with E-state index < -0.39 is 0 Å². The molecule has 2 atom stereocenters. The van der Waals surface area contributed by atoms with Gasteiger partial charge in [-0.05, 0) is 0 Å². The monoisotopic (exact) mass is 442 g/mol. The van der Waals surface area contributed by atoms with E-state index in [1.165, 1.54) is 5.56 Å². The third kappa shape index (κ3) is 2.33. The molecule has 1 aliphatic rings. The Morgan fingerprint density at radius 2 is 1.74 bits per heavy atom. The molecular formula is C16H13O2Tl. The quantitative estimate of drug-likeness (QED) is 0.635. The molecule has 0 spiro atoms. The predicted octanol–water partition coefficient (Wildman–Crippen LogP) is 3.27. The van der Waals surface area contributed by atoms with Gasteiger partial charge in [0, 0.05) is 0 Å². The van der Waals surface area contributed by atoms with Crippen LogP contribution in [-0.2, 0) is 0 Å². The number of hydrogen-bond acceptors (Lipinski definition) is 2. The predicted molar refractivity (Wildman–Crippen MR) is 74.8 cm³/mol. The van der Waals surface area contributed by atoms with E-state index in [0.717, 1.165) is 16.9 Å². The second kappa shape index (κ2) is 5.08. The summed E-state index contributed by atoms with van der Waals surface area (Å²) in [5.74, 6) is 0.951. The molecule has 0 fully saturated rings. The molecule has 0 saturated carbocycles. The van der Waals surface area contributed by atoms with Crippen molar-refractivity contribution < 1.29 is 9.53 Å². The number of carbonyl (C=O) groups is 1. The van der Waals surface area contributed by atoms with Gasteiger partial charge in [0.1, 0.15) is 0 Å². The molecular weight excluding hydrogens is 429 g/mol. The molecule has 3 heteroatoms. The van der Waals surface area contributed by atoms with Crippen molar-refractivity contribution in [3.8, 4) is 5.75 Å². The van der Waals surface area contributed by atoms with E-state index in [1.807, 2.05) is 24.3 Å². The topological polar surface area (TPSA) is 26.3 Å². The summed E-state index contributed by atoms with van der Waals surface area (Å²) in [6.45, 7) is 2.06. The number of rotatable bonds is 1. The van der Waals surface area contributed by atoms with Crippen molar-refractivity contribution in [1.29, 1.82) is 0 Å². The number of hydrogen-bond donors (Lipinski definition) is 0. The van der Waals surface area contributed by atoms with Crippen LogP contribution in [0.3, 0.4) is 0 Å². The van der Waals surface area contributed by atoms with Crippen molar-refractivity contribution in [3.05, 3.63) is 65.2 Å². The zero-order chi connectivity index (χ0) is 13.4. The van der Waals surface area contributed by atoms with Gasteiger partial charge in [-0.2, -0.15) is 0 Å². The Hall–Kier alpha value is -1.17. The first-order valence-electron chi connectivity index (χ1n) is 6.29. The molecule has 0 unspecified atom stereocenters. The van der Waals surface area contributed by atoms with Crippen molar-refractivity contribution in [2.24, 2.45) is 0 Å². The van der Waals surface area contributed by atoms with Crippen LogP contribution in [0.5, 0.6) is 5.75 Å². The fourth-order valence-corrected chi connectivity index (χ4v) is 4.20. The van der Waals surface area contributed by atoms with Gasteiger partial charge in [-0.3, -0.25) is 0 Å². The average molecular weight is 442 g/mol. The van der Waals surface area contributed by atoms with Gasteiger partial charge in [0.15, 0.2) is 0 Å². The molecule has 0 aliphatic carbocycles. The first kappa shape index (κ1) is 12.8. The molecule has 0 saturated heterocycles. The fourth-order valence-electron chi connectivity index (χ4n) is 2.33. The van der Waals surface area contributed by atoms with Gasteiger partial charge in [-0.25, -0.2) is 0 Å². The molecule has 2 nitrogen and oxygen atoms in total. The molecule has 2 aromatic carbocycles. The van der Waals surface area contributed by atoms with Gasteiger partial charge in [-0.15, -0.1) is 0 Å². The molecule has 19 heavy (non-hydrogen) atoms. The second-order valence-corrected chi connectivity index (χ2v) is 7.63. The van der Waals surface area contributed by atoms with Gasteiger partial charge >= 0.3 is 129 Å². The summed E-state index contributed by atoms with van der Waals surface area (Å²) in [5.41, 5.74) is 3.05. The molecule has 92 valence electrons. The molecule has 0 bridgehead atoms. The van der Waals surface area contributed by atoms with Gasteiger partial charge < -0.3 is 0 Å². The summed E-state index contributed by atoms with van der Waals surface area (Å²) in [5, 5.41) is 0. The van der Waals surface area contributed by atoms with Crippen LogP contribution in [0.4, 0.5) is 0 Å². The number of benzene rings is 2. The number of carbonyl (C=O) groups excluding carboxylic acids is 1. The Bertz CT molecular complexity index is 619. The molecule has 1 heterocycles. The average Bonchev–Trinajstić information content (AvgIpc) is 2.44. The summed E-state index contributed by atoms with van der Waals surface area (Å²) in [6, 6.07) is 15.8. The third-order valence-electron chi connectivity index (χ3n) is 3.44. The first-order valence-corrected chi connectivity index (χ1v) is 8.88. The molecule has 1 aliphatic heterocycles. The Morgan fingerprint density at radius 3 is 2.47 bits per heavy atom. The van der Waals surface area contributed by atoms with E-state index in [0.29, 0.717) is 25.8 Å². The van der Waals surface area contributed by atoms with Gasteiger partial charge in [0.2, 0.25) is 0 Å². The van der Waals surface area contributed by atoms with Crippen LogP contribution in [0.1, 0.15) is 27.6 Å². The third-order valence-corrected chi connectivity index (χ3v) is 5.98. The number of para-hydroxylation sites is 1. The standard InChI is InChI=1S/C16H13O2.Tl/c1-11-6-8-12(9-7-11)16-10-14(17)13-4-2-3-5-15(13)18-16;/h2-10,16H,1H3;/t16-;/m1./s1. The van der Waals surface area contributed by atoms with Crippen molar-refractivity contribution in [2.45, 2.75) is 16.5 Å². The summed E-state index contributed by atoms with van der Waals surface area (Å²) in [4.78, 5) is 12.4. The van der Waals surface area contributed by atoms with Crippen molar-refractivity contribution in [2.75, 3.05) is 0 Å². The molecule has 0 amide bonds. The number of ether oxygens (including phenoxy) is 1. The van der Waals surface area contributed by atoms with E-state index >= 15 is 0 Å². The van der Waals surface area contributed by atoms with E-state index in [4.69, 9.17) is 4.74 Å². The van der Waals surface area contributed by atoms with Gasteiger partial charge in [0.05, 0.1) is 0 Å². The minimum atomic E-state index is -0.118. The van der Waals surface area contributed by atoms with Crippen LogP contribution in [0.25, 0.3) is 0 Å². The maximum atomic E-state index is 12.4. The zero-order valence-corrected chi connectivity index (χ0v) is 15.2. The van der Waals surface area contributed by atoms with Crippen LogP contribution in [0, 0.1) is 6.92 Å². The first-order chi connectivity index (χ1) is 9.16. The Morgan fingerprint density at radius 1 is 1.05 bits per heavy atom. The number of aryl methyl sites for hydroxylation is 1. The van der Waals surface area contributed by atoms with E-state index in [2.05, 4.69) is 31.2 Å². The number of ketones is 1. The number of fused-ring (bicyclic) bond motifs is 1. The van der Waals surface area contributed by atoms with E-state index in [1.54, 1.807) is 0 Å². The molecule has 0 N–H and O–H groups in total. The summed E-state index contributed by atoms with van der Waals surface area (Å²) >= 11 is 0.567. The van der Waals surface area contributed by atoms with Crippen LogP contribution in [0.15, 0.2) is 48.5 Å². The van der Waals surface area contributed by atoms with Crippen molar-refractivity contribution >= 4 is 31.6 Å². The summed E-state index contributed by atoms with van der Waals surface area (Å²) in [7, 11) is 0. The van der Waals surface area contributed by atoms with E-state index in [9.17, 15) is 4.79 Å². The Balaban J connectivity index is 2.01. The summed E-state index contributed by atoms with van der Waals surface area (Å²) in [6.07, 6.45) is -0.118. The zero-order valence-electron chi connectivity index (χ0n) is 10.7. The molecule has 3 rings (SSSR count). The van der Waals surface area contributed by atoms with Gasteiger partial charge in [-0.1, -0.05) is 0 Å². The normalized spacial score (nSPS) is 21.6. The van der Waals surface area contributed by atoms with Crippen LogP contribution < -0.4 is 4.74 Å². The minimum absolute atomic E-state index is 0.0117. The maximum absolute atomic E-state index is 12.4. The van der Waals surface area contributed by atoms with Crippen LogP contribution in [0.2, 0.25) is 3.48 Å². The Labute approximate surface area is 128 Å². The molecule has 2 aromatic rings. The molecule has 0 aromatic heterocycles. The molecule has 0 radical (unpaired) electrons. The SMILES string of the molecule is Cc1ccc([C@@H]2Oc3ccccc3C(=O)[C@H]2[Tl])cc1. The van der Waals surface area contributed by atoms with Gasteiger partial charge in [0.25, 0.3) is 0 Å².